The zero-order chi connectivity index (χ0) is 19.5. The van der Waals surface area contributed by atoms with Crippen LogP contribution in [0, 0.1) is 6.92 Å². The van der Waals surface area contributed by atoms with Crippen LogP contribution in [0.2, 0.25) is 0 Å². The van der Waals surface area contributed by atoms with Gasteiger partial charge >= 0.3 is 0 Å². The average molecular weight is 392 g/mol. The maximum atomic E-state index is 12.4. The largest absolute Gasteiger partial charge is 0.346 e. The number of aromatic nitrogens is 4. The molecular weight excluding hydrogens is 370 g/mol. The van der Waals surface area contributed by atoms with Gasteiger partial charge in [0.15, 0.2) is 5.16 Å². The van der Waals surface area contributed by atoms with E-state index >= 15 is 0 Å². The molecule has 0 fully saturated rings. The van der Waals surface area contributed by atoms with Crippen LogP contribution < -0.4 is 5.32 Å². The molecule has 28 heavy (non-hydrogen) atoms. The molecule has 0 aliphatic heterocycles. The fourth-order valence-corrected chi connectivity index (χ4v) is 3.85. The van der Waals surface area contributed by atoms with E-state index < -0.39 is 0 Å². The van der Waals surface area contributed by atoms with Crippen molar-refractivity contribution in [1.29, 1.82) is 0 Å². The number of aryl methyl sites for hydroxylation is 1. The van der Waals surface area contributed by atoms with Crippen LogP contribution in [0.4, 0.5) is 0 Å². The van der Waals surface area contributed by atoms with Gasteiger partial charge in [0.2, 0.25) is 5.91 Å². The number of para-hydroxylation sites is 3. The van der Waals surface area contributed by atoms with Gasteiger partial charge < -0.3 is 10.3 Å². The van der Waals surface area contributed by atoms with E-state index in [1.54, 1.807) is 6.20 Å². The lowest BCUT2D eigenvalue weighted by Crippen LogP contribution is -2.29. The van der Waals surface area contributed by atoms with E-state index in [1.807, 2.05) is 60.2 Å². The summed E-state index contributed by atoms with van der Waals surface area (Å²) in [6.45, 7) is 3.99. The van der Waals surface area contributed by atoms with Crippen LogP contribution in [-0.2, 0) is 4.79 Å². The Morgan fingerprint density at radius 2 is 2.00 bits per heavy atom. The van der Waals surface area contributed by atoms with Gasteiger partial charge in [0.25, 0.3) is 0 Å². The fraction of sp³-hybridized carbons (Fsp3) is 0.190. The minimum atomic E-state index is -0.198. The SMILES string of the molecule is Cc1ccccc1-n1ccnc1SCC(=O)N[C@@H](C)c1nc2ccccc2[nH]1. The average Bonchev–Trinajstić information content (AvgIpc) is 3.33. The summed E-state index contributed by atoms with van der Waals surface area (Å²) in [7, 11) is 0. The predicted octanol–water partition coefficient (Wildman–Crippen LogP) is 4.03. The number of rotatable bonds is 6. The molecule has 2 N–H and O–H groups in total. The van der Waals surface area contributed by atoms with Gasteiger partial charge in [-0.3, -0.25) is 9.36 Å². The highest BCUT2D eigenvalue weighted by molar-refractivity contribution is 7.99. The van der Waals surface area contributed by atoms with Crippen molar-refractivity contribution in [2.45, 2.75) is 25.0 Å². The molecule has 6 nitrogen and oxygen atoms in total. The first kappa shape index (κ1) is 18.3. The molecule has 0 bridgehead atoms. The summed E-state index contributed by atoms with van der Waals surface area (Å²) in [5.74, 6) is 0.978. The molecule has 0 aliphatic carbocycles. The molecule has 0 saturated carbocycles. The molecule has 0 radical (unpaired) electrons. The topological polar surface area (TPSA) is 75.6 Å². The van der Waals surface area contributed by atoms with E-state index in [1.165, 1.54) is 11.8 Å². The van der Waals surface area contributed by atoms with E-state index in [0.717, 1.165) is 33.3 Å². The molecule has 1 atom stereocenters. The Bertz CT molecular complexity index is 1080. The Morgan fingerprint density at radius 1 is 1.21 bits per heavy atom. The number of carbonyl (C=O) groups excluding carboxylic acids is 1. The number of aromatic amines is 1. The van der Waals surface area contributed by atoms with Crippen molar-refractivity contribution in [2.75, 3.05) is 5.75 Å². The van der Waals surface area contributed by atoms with Gasteiger partial charge in [-0.05, 0) is 37.6 Å². The zero-order valence-electron chi connectivity index (χ0n) is 15.7. The van der Waals surface area contributed by atoms with Crippen LogP contribution in [0.1, 0.15) is 24.4 Å². The molecule has 2 aromatic heterocycles. The van der Waals surface area contributed by atoms with Gasteiger partial charge in [0.1, 0.15) is 5.82 Å². The standard InChI is InChI=1S/C21H21N5OS/c1-14-7-3-6-10-18(14)26-12-11-22-21(26)28-13-19(27)23-15(2)20-24-16-8-4-5-9-17(16)25-20/h3-12,15H,13H2,1-2H3,(H,23,27)(H,24,25)/t15-/m0/s1. The van der Waals surface area contributed by atoms with E-state index in [9.17, 15) is 4.79 Å². The normalized spacial score (nSPS) is 12.2. The Balaban J connectivity index is 1.40. The lowest BCUT2D eigenvalue weighted by molar-refractivity contribution is -0.119. The Labute approximate surface area is 167 Å². The van der Waals surface area contributed by atoms with Crippen LogP contribution >= 0.6 is 11.8 Å². The highest BCUT2D eigenvalue weighted by Gasteiger charge is 2.15. The molecule has 4 rings (SSSR count). The van der Waals surface area contributed by atoms with Crippen LogP contribution in [-0.4, -0.2) is 31.2 Å². The van der Waals surface area contributed by atoms with Gasteiger partial charge in [-0.1, -0.05) is 42.1 Å². The summed E-state index contributed by atoms with van der Waals surface area (Å²) in [5, 5.41) is 3.79. The summed E-state index contributed by atoms with van der Waals surface area (Å²) in [4.78, 5) is 24.6. The number of hydrogen-bond acceptors (Lipinski definition) is 4. The Hall–Kier alpha value is -3.06. The van der Waals surface area contributed by atoms with Gasteiger partial charge in [0, 0.05) is 12.4 Å². The van der Waals surface area contributed by atoms with Crippen LogP contribution in [0.3, 0.4) is 0 Å². The summed E-state index contributed by atoms with van der Waals surface area (Å²) in [6.07, 6.45) is 3.67. The molecule has 142 valence electrons. The maximum absolute atomic E-state index is 12.4. The highest BCUT2D eigenvalue weighted by Crippen LogP contribution is 2.23. The van der Waals surface area contributed by atoms with E-state index in [-0.39, 0.29) is 17.7 Å². The second kappa shape index (κ2) is 7.90. The van der Waals surface area contributed by atoms with E-state index in [2.05, 4.69) is 33.3 Å². The minimum absolute atomic E-state index is 0.0581. The second-order valence-corrected chi connectivity index (χ2v) is 7.53. The van der Waals surface area contributed by atoms with Gasteiger partial charge in [-0.2, -0.15) is 0 Å². The maximum Gasteiger partial charge on any atom is 0.231 e. The molecule has 2 heterocycles. The number of fused-ring (bicyclic) bond motifs is 1. The molecule has 0 spiro atoms. The van der Waals surface area contributed by atoms with Crippen molar-refractivity contribution in [3.8, 4) is 5.69 Å². The van der Waals surface area contributed by atoms with Crippen LogP contribution in [0.15, 0.2) is 66.1 Å². The number of benzene rings is 2. The molecular formula is C21H21N5OS. The van der Waals surface area contributed by atoms with Crippen molar-refractivity contribution < 1.29 is 4.79 Å². The molecule has 0 aliphatic rings. The first-order chi connectivity index (χ1) is 13.6. The molecule has 7 heteroatoms. The lowest BCUT2D eigenvalue weighted by Gasteiger charge is -2.12. The molecule has 4 aromatic rings. The van der Waals surface area contributed by atoms with Crippen molar-refractivity contribution in [2.24, 2.45) is 0 Å². The number of amides is 1. The fourth-order valence-electron chi connectivity index (χ4n) is 3.07. The summed E-state index contributed by atoms with van der Waals surface area (Å²) >= 11 is 1.42. The van der Waals surface area contributed by atoms with Gasteiger partial charge in [0.05, 0.1) is 28.5 Å². The number of nitrogens with zero attached hydrogens (tertiary/aromatic N) is 3. The summed E-state index contributed by atoms with van der Waals surface area (Å²) in [5.41, 5.74) is 4.09. The van der Waals surface area contributed by atoms with Crippen molar-refractivity contribution in [3.63, 3.8) is 0 Å². The van der Waals surface area contributed by atoms with Gasteiger partial charge in [-0.15, -0.1) is 0 Å². The summed E-state index contributed by atoms with van der Waals surface area (Å²) in [6, 6.07) is 15.7. The number of imidazole rings is 2. The summed E-state index contributed by atoms with van der Waals surface area (Å²) < 4.78 is 2.01. The van der Waals surface area contributed by atoms with Gasteiger partial charge in [-0.25, -0.2) is 9.97 Å². The number of hydrogen-bond donors (Lipinski definition) is 2. The van der Waals surface area contributed by atoms with Crippen molar-refractivity contribution >= 4 is 28.7 Å². The lowest BCUT2D eigenvalue weighted by atomic mass is 10.2. The quantitative estimate of drug-likeness (QED) is 0.487. The number of thioether (sulfide) groups is 1. The zero-order valence-corrected chi connectivity index (χ0v) is 16.5. The van der Waals surface area contributed by atoms with Crippen molar-refractivity contribution in [3.05, 3.63) is 72.3 Å². The smallest absolute Gasteiger partial charge is 0.231 e. The predicted molar refractivity (Wildman–Crippen MR) is 112 cm³/mol. The Kier molecular flexibility index (Phi) is 5.16. The monoisotopic (exact) mass is 391 g/mol. The minimum Gasteiger partial charge on any atom is -0.346 e. The van der Waals surface area contributed by atoms with E-state index in [0.29, 0.717) is 0 Å². The highest BCUT2D eigenvalue weighted by atomic mass is 32.2. The molecule has 0 saturated heterocycles. The third-order valence-corrected chi connectivity index (χ3v) is 5.48. The number of H-pyrrole nitrogens is 1. The van der Waals surface area contributed by atoms with Crippen LogP contribution in [0.5, 0.6) is 0 Å². The Morgan fingerprint density at radius 3 is 2.82 bits per heavy atom. The third kappa shape index (κ3) is 3.80. The molecule has 0 unspecified atom stereocenters. The first-order valence-electron chi connectivity index (χ1n) is 9.08. The van der Waals surface area contributed by atoms with Crippen LogP contribution in [0.25, 0.3) is 16.7 Å². The second-order valence-electron chi connectivity index (χ2n) is 6.58. The van der Waals surface area contributed by atoms with Crippen molar-refractivity contribution in [1.82, 2.24) is 24.8 Å². The molecule has 1 amide bonds. The number of carbonyl (C=O) groups is 1. The third-order valence-electron chi connectivity index (χ3n) is 4.51. The molecule has 2 aromatic carbocycles. The van der Waals surface area contributed by atoms with E-state index in [4.69, 9.17) is 0 Å². The number of nitrogens with one attached hydrogen (secondary N) is 2. The first-order valence-corrected chi connectivity index (χ1v) is 10.1.